The maximum Gasteiger partial charge on any atom is 0.193 e. The molecule has 136 valence electrons. The molecule has 0 saturated heterocycles. The molecule has 0 heterocycles. The van der Waals surface area contributed by atoms with Gasteiger partial charge in [-0.1, -0.05) is 88.8 Å². The fourth-order valence-corrected chi connectivity index (χ4v) is 5.77. The van der Waals surface area contributed by atoms with Crippen molar-refractivity contribution in [3.05, 3.63) is 10.2 Å². The normalized spacial score (nSPS) is 20.8. The fourth-order valence-electron chi connectivity index (χ4n) is 3.57. The van der Waals surface area contributed by atoms with Crippen molar-refractivity contribution in [2.75, 3.05) is 0 Å². The second-order valence-corrected chi connectivity index (χ2v) is 14.3. The predicted octanol–water partition coefficient (Wildman–Crippen LogP) is 7.86. The Labute approximate surface area is 160 Å². The molecule has 0 amide bonds. The Bertz CT molecular complexity index is 366. The monoisotopic (exact) mass is 450 g/mol. The van der Waals surface area contributed by atoms with Crippen LogP contribution in [0.3, 0.4) is 0 Å². The zero-order valence-electron chi connectivity index (χ0n) is 16.4. The summed E-state index contributed by atoms with van der Waals surface area (Å²) < 4.78 is 9.39. The molecule has 1 saturated carbocycles. The minimum atomic E-state index is -1.78. The molecule has 1 nitrogen and oxygen atoms in total. The van der Waals surface area contributed by atoms with Crippen molar-refractivity contribution in [1.29, 1.82) is 0 Å². The summed E-state index contributed by atoms with van der Waals surface area (Å²) in [6.45, 7) is 14.2. The molecule has 0 unspecified atom stereocenters. The highest BCUT2D eigenvalue weighted by atomic mass is 127. The molecule has 3 heteroatoms. The number of hydrogen-bond donors (Lipinski definition) is 0. The predicted molar refractivity (Wildman–Crippen MR) is 115 cm³/mol. The molecule has 23 heavy (non-hydrogen) atoms. The van der Waals surface area contributed by atoms with Crippen molar-refractivity contribution in [2.45, 2.75) is 109 Å². The van der Waals surface area contributed by atoms with Crippen molar-refractivity contribution in [1.82, 2.24) is 0 Å². The third-order valence-electron chi connectivity index (χ3n) is 6.06. The van der Waals surface area contributed by atoms with Gasteiger partial charge in [-0.2, -0.15) is 0 Å². The standard InChI is InChI=1S/C20H39IOSi/c1-7-8-12-15-20(16-17-21,18-13-10-9-11-14-18)22-23(5,6)19(2,3)4/h16-18H,7-15H2,1-6H3/b17-16+/t20-/m1/s1. The molecule has 1 aliphatic rings. The first kappa shape index (κ1) is 21.7. The summed E-state index contributed by atoms with van der Waals surface area (Å²) in [5.74, 6) is 0.716. The first-order chi connectivity index (χ1) is 10.7. The molecule has 0 aromatic carbocycles. The molecule has 1 fully saturated rings. The Morgan fingerprint density at radius 1 is 1.09 bits per heavy atom. The number of rotatable bonds is 8. The van der Waals surface area contributed by atoms with E-state index in [1.807, 2.05) is 0 Å². The summed E-state index contributed by atoms with van der Waals surface area (Å²) in [4.78, 5) is 0. The lowest BCUT2D eigenvalue weighted by Gasteiger charge is -2.49. The Morgan fingerprint density at radius 2 is 1.70 bits per heavy atom. The quantitative estimate of drug-likeness (QED) is 0.208. The van der Waals surface area contributed by atoms with E-state index in [2.05, 4.69) is 73.5 Å². The highest BCUT2D eigenvalue weighted by Gasteiger charge is 2.46. The van der Waals surface area contributed by atoms with Gasteiger partial charge in [-0.15, -0.1) is 0 Å². The third-order valence-corrected chi connectivity index (χ3v) is 10.9. The molecule has 0 aromatic rings. The van der Waals surface area contributed by atoms with Crippen LogP contribution in [0, 0.1) is 5.92 Å². The smallest absolute Gasteiger partial charge is 0.193 e. The van der Waals surface area contributed by atoms with Crippen molar-refractivity contribution in [2.24, 2.45) is 5.92 Å². The van der Waals surface area contributed by atoms with E-state index in [1.165, 1.54) is 57.8 Å². The second kappa shape index (κ2) is 9.37. The van der Waals surface area contributed by atoms with Crippen LogP contribution in [-0.4, -0.2) is 13.9 Å². The zero-order chi connectivity index (χ0) is 17.6. The van der Waals surface area contributed by atoms with Gasteiger partial charge in [0, 0.05) is 0 Å². The van der Waals surface area contributed by atoms with Crippen molar-refractivity contribution in [3.63, 3.8) is 0 Å². The highest BCUT2D eigenvalue weighted by molar-refractivity contribution is 14.1. The van der Waals surface area contributed by atoms with Crippen molar-refractivity contribution >= 4 is 30.9 Å². The summed E-state index contributed by atoms with van der Waals surface area (Å²) in [6, 6.07) is 0. The van der Waals surface area contributed by atoms with Crippen LogP contribution in [0.25, 0.3) is 0 Å². The summed E-state index contributed by atoms with van der Waals surface area (Å²) in [5, 5.41) is 0.275. The molecule has 0 spiro atoms. The number of halogens is 1. The second-order valence-electron chi connectivity index (χ2n) is 8.90. The maximum absolute atomic E-state index is 7.16. The zero-order valence-corrected chi connectivity index (χ0v) is 19.5. The molecule has 1 rings (SSSR count). The van der Waals surface area contributed by atoms with Gasteiger partial charge in [0.25, 0.3) is 0 Å². The van der Waals surface area contributed by atoms with Gasteiger partial charge in [0.2, 0.25) is 0 Å². The van der Waals surface area contributed by atoms with Crippen LogP contribution in [0.4, 0.5) is 0 Å². The summed E-state index contributed by atoms with van der Waals surface area (Å²) >= 11 is 2.40. The SMILES string of the molecule is CCCCC[C@](/C=C/I)(O[Si](C)(C)C(C)(C)C)C1CCCCC1. The highest BCUT2D eigenvalue weighted by Crippen LogP contribution is 2.46. The van der Waals surface area contributed by atoms with E-state index in [1.54, 1.807) is 0 Å². The van der Waals surface area contributed by atoms with Crippen molar-refractivity contribution in [3.8, 4) is 0 Å². The van der Waals surface area contributed by atoms with E-state index in [0.717, 1.165) is 0 Å². The maximum atomic E-state index is 7.16. The lowest BCUT2D eigenvalue weighted by atomic mass is 9.74. The van der Waals surface area contributed by atoms with E-state index in [4.69, 9.17) is 4.43 Å². The molecule has 0 radical (unpaired) electrons. The lowest BCUT2D eigenvalue weighted by molar-refractivity contribution is 0.0130. The summed E-state index contributed by atoms with van der Waals surface area (Å²) in [6.07, 6.45) is 14.4. The Balaban J connectivity index is 3.09. The topological polar surface area (TPSA) is 9.23 Å². The molecule has 0 aliphatic heterocycles. The van der Waals surface area contributed by atoms with Gasteiger partial charge in [0.1, 0.15) is 0 Å². The van der Waals surface area contributed by atoms with Gasteiger partial charge in [0.05, 0.1) is 5.60 Å². The van der Waals surface area contributed by atoms with Gasteiger partial charge in [-0.25, -0.2) is 0 Å². The minimum absolute atomic E-state index is 0.0141. The first-order valence-corrected chi connectivity index (χ1v) is 13.8. The molecular formula is C20H39IOSi. The van der Waals surface area contributed by atoms with Crippen LogP contribution < -0.4 is 0 Å². The number of unbranched alkanes of at least 4 members (excludes halogenated alkanes) is 2. The van der Waals surface area contributed by atoms with E-state index in [-0.39, 0.29) is 10.6 Å². The van der Waals surface area contributed by atoms with E-state index in [0.29, 0.717) is 5.92 Å². The molecule has 1 atom stereocenters. The van der Waals surface area contributed by atoms with Crippen LogP contribution in [0.5, 0.6) is 0 Å². The fraction of sp³-hybridized carbons (Fsp3) is 0.900. The molecule has 1 aliphatic carbocycles. The van der Waals surface area contributed by atoms with Gasteiger partial charge in [-0.05, 0) is 53.5 Å². The third kappa shape index (κ3) is 6.14. The van der Waals surface area contributed by atoms with E-state index in [9.17, 15) is 0 Å². The molecule has 0 bridgehead atoms. The Morgan fingerprint density at radius 3 is 2.17 bits per heavy atom. The lowest BCUT2D eigenvalue weighted by Crippen LogP contribution is -2.52. The van der Waals surface area contributed by atoms with E-state index < -0.39 is 8.32 Å². The summed E-state index contributed by atoms with van der Waals surface area (Å²) in [5.41, 5.74) is -0.0141. The van der Waals surface area contributed by atoms with Crippen molar-refractivity contribution < 1.29 is 4.43 Å². The van der Waals surface area contributed by atoms with Crippen LogP contribution in [0.1, 0.15) is 85.5 Å². The average Bonchev–Trinajstić information content (AvgIpc) is 2.47. The first-order valence-electron chi connectivity index (χ1n) is 9.66. The minimum Gasteiger partial charge on any atom is -0.408 e. The van der Waals surface area contributed by atoms with E-state index >= 15 is 0 Å². The van der Waals surface area contributed by atoms with Crippen LogP contribution >= 0.6 is 22.6 Å². The van der Waals surface area contributed by atoms with Gasteiger partial charge in [0.15, 0.2) is 8.32 Å². The largest absolute Gasteiger partial charge is 0.408 e. The Kier molecular flexibility index (Phi) is 8.84. The van der Waals surface area contributed by atoms with Crippen LogP contribution in [0.2, 0.25) is 18.1 Å². The molecule has 0 N–H and O–H groups in total. The average molecular weight is 451 g/mol. The van der Waals surface area contributed by atoms with Gasteiger partial charge in [-0.3, -0.25) is 0 Å². The van der Waals surface area contributed by atoms with Gasteiger partial charge < -0.3 is 4.43 Å². The van der Waals surface area contributed by atoms with Gasteiger partial charge >= 0.3 is 0 Å². The van der Waals surface area contributed by atoms with Crippen LogP contribution in [0.15, 0.2) is 10.2 Å². The molecular weight excluding hydrogens is 411 g/mol. The number of hydrogen-bond acceptors (Lipinski definition) is 1. The summed E-state index contributed by atoms with van der Waals surface area (Å²) in [7, 11) is -1.78. The Hall–Kier alpha value is 0.647. The van der Waals surface area contributed by atoms with Crippen LogP contribution in [-0.2, 0) is 4.43 Å². The molecule has 0 aromatic heterocycles.